The van der Waals surface area contributed by atoms with Gasteiger partial charge < -0.3 is 5.11 Å². The molecular weight excluding hydrogens is 290 g/mol. The number of hydrogen-bond acceptors (Lipinski definition) is 5. The van der Waals surface area contributed by atoms with Gasteiger partial charge in [-0.3, -0.25) is 9.48 Å². The van der Waals surface area contributed by atoms with Crippen molar-refractivity contribution in [3.8, 4) is 0 Å². The van der Waals surface area contributed by atoms with E-state index in [-0.39, 0.29) is 12.5 Å². The second-order valence-electron chi connectivity index (χ2n) is 4.81. The van der Waals surface area contributed by atoms with Crippen molar-refractivity contribution in [3.63, 3.8) is 0 Å². The Bertz CT molecular complexity index is 581. The Hall–Kier alpha value is -1.83. The lowest BCUT2D eigenvalue weighted by Gasteiger charge is -2.11. The molecule has 114 valence electrons. The first-order valence-electron chi connectivity index (χ1n) is 6.72. The summed E-state index contributed by atoms with van der Waals surface area (Å²) >= 11 is 1.72. The van der Waals surface area contributed by atoms with Gasteiger partial charge >= 0.3 is 5.97 Å². The highest BCUT2D eigenvalue weighted by atomic mass is 32.2. The molecular formula is C13H19N5O2S. The smallest absolute Gasteiger partial charge is 0.325 e. The molecule has 21 heavy (non-hydrogen) atoms. The molecule has 0 fully saturated rings. The van der Waals surface area contributed by atoms with Crippen LogP contribution in [0.15, 0.2) is 18.5 Å². The van der Waals surface area contributed by atoms with Crippen molar-refractivity contribution in [1.82, 2.24) is 24.5 Å². The van der Waals surface area contributed by atoms with Crippen molar-refractivity contribution in [1.29, 1.82) is 0 Å². The van der Waals surface area contributed by atoms with Crippen molar-refractivity contribution >= 4 is 17.7 Å². The predicted molar refractivity (Wildman–Crippen MR) is 80.4 cm³/mol. The van der Waals surface area contributed by atoms with E-state index in [0.29, 0.717) is 18.2 Å². The van der Waals surface area contributed by atoms with Crippen LogP contribution in [0.2, 0.25) is 0 Å². The summed E-state index contributed by atoms with van der Waals surface area (Å²) in [6, 6.07) is 1.86. The summed E-state index contributed by atoms with van der Waals surface area (Å²) in [6.07, 6.45) is 6.37. The van der Waals surface area contributed by atoms with Crippen LogP contribution in [0.5, 0.6) is 0 Å². The minimum atomic E-state index is -0.913. The minimum absolute atomic E-state index is 0.0415. The van der Waals surface area contributed by atoms with Crippen LogP contribution in [-0.2, 0) is 24.3 Å². The van der Waals surface area contributed by atoms with Crippen LogP contribution in [0.25, 0.3) is 0 Å². The number of carbonyl (C=O) groups is 1. The molecule has 0 aliphatic rings. The number of carboxylic acids is 1. The Kier molecular flexibility index (Phi) is 5.38. The van der Waals surface area contributed by atoms with Crippen LogP contribution >= 0.6 is 11.8 Å². The Morgan fingerprint density at radius 1 is 1.52 bits per heavy atom. The molecule has 2 aromatic heterocycles. The standard InChI is InChI=1S/C13H19N5O2S/c1-10(8-17-6-3-5-14-17)13-15-11(4-7-21-2)16-18(13)9-12(19)20/h3,5-6,10H,4,7-9H2,1-2H3,(H,19,20)/t10-/m0/s1. The van der Waals surface area contributed by atoms with Gasteiger partial charge in [0.25, 0.3) is 0 Å². The molecule has 0 spiro atoms. The van der Waals surface area contributed by atoms with E-state index < -0.39 is 5.97 Å². The first-order valence-corrected chi connectivity index (χ1v) is 8.11. The van der Waals surface area contributed by atoms with Crippen LogP contribution in [0.1, 0.15) is 24.5 Å². The van der Waals surface area contributed by atoms with Gasteiger partial charge in [-0.05, 0) is 12.3 Å². The topological polar surface area (TPSA) is 85.8 Å². The molecule has 0 aliphatic carbocycles. The maximum absolute atomic E-state index is 11.0. The second-order valence-corrected chi connectivity index (χ2v) is 5.80. The molecule has 2 aromatic rings. The van der Waals surface area contributed by atoms with Crippen LogP contribution < -0.4 is 0 Å². The molecule has 2 rings (SSSR count). The molecule has 0 unspecified atom stereocenters. The van der Waals surface area contributed by atoms with Crippen molar-refractivity contribution in [2.45, 2.75) is 32.4 Å². The van der Waals surface area contributed by atoms with E-state index >= 15 is 0 Å². The Balaban J connectivity index is 2.17. The number of aromatic nitrogens is 5. The number of nitrogens with zero attached hydrogens (tertiary/aromatic N) is 5. The number of thioether (sulfide) groups is 1. The van der Waals surface area contributed by atoms with E-state index in [4.69, 9.17) is 5.11 Å². The summed E-state index contributed by atoms with van der Waals surface area (Å²) in [5.74, 6) is 1.45. The molecule has 0 saturated heterocycles. The molecule has 0 amide bonds. The lowest BCUT2D eigenvalue weighted by Crippen LogP contribution is -2.17. The summed E-state index contributed by atoms with van der Waals surface area (Å²) in [6.45, 7) is 2.49. The van der Waals surface area contributed by atoms with Gasteiger partial charge in [-0.25, -0.2) is 9.67 Å². The Labute approximate surface area is 127 Å². The van der Waals surface area contributed by atoms with E-state index in [1.54, 1.807) is 18.0 Å². The van der Waals surface area contributed by atoms with Gasteiger partial charge in [0.1, 0.15) is 12.4 Å². The fourth-order valence-electron chi connectivity index (χ4n) is 2.08. The molecule has 0 aromatic carbocycles. The zero-order valence-corrected chi connectivity index (χ0v) is 13.0. The van der Waals surface area contributed by atoms with Gasteiger partial charge in [0, 0.05) is 30.5 Å². The maximum atomic E-state index is 11.0. The third-order valence-corrected chi connectivity index (χ3v) is 3.63. The highest BCUT2D eigenvalue weighted by Crippen LogP contribution is 2.16. The van der Waals surface area contributed by atoms with E-state index in [1.165, 1.54) is 4.68 Å². The fraction of sp³-hybridized carbons (Fsp3) is 0.538. The summed E-state index contributed by atoms with van der Waals surface area (Å²) in [7, 11) is 0. The molecule has 0 saturated carbocycles. The van der Waals surface area contributed by atoms with Crippen LogP contribution in [0.3, 0.4) is 0 Å². The van der Waals surface area contributed by atoms with Crippen LogP contribution in [0, 0.1) is 0 Å². The highest BCUT2D eigenvalue weighted by Gasteiger charge is 2.18. The van der Waals surface area contributed by atoms with Crippen LogP contribution in [0.4, 0.5) is 0 Å². The summed E-state index contributed by atoms with van der Waals surface area (Å²) in [5.41, 5.74) is 0. The largest absolute Gasteiger partial charge is 0.480 e. The van der Waals surface area contributed by atoms with Gasteiger partial charge in [0.05, 0.1) is 6.54 Å². The van der Waals surface area contributed by atoms with Crippen molar-refractivity contribution in [2.24, 2.45) is 0 Å². The van der Waals surface area contributed by atoms with E-state index in [1.807, 2.05) is 30.1 Å². The quantitative estimate of drug-likeness (QED) is 0.790. The molecule has 0 bridgehead atoms. The van der Waals surface area contributed by atoms with Crippen LogP contribution in [-0.4, -0.2) is 47.6 Å². The lowest BCUT2D eigenvalue weighted by atomic mass is 10.1. The summed E-state index contributed by atoms with van der Waals surface area (Å²) in [5, 5.41) is 17.5. The molecule has 1 N–H and O–H groups in total. The second kappa shape index (κ2) is 7.26. The van der Waals surface area contributed by atoms with E-state index in [0.717, 1.165) is 12.2 Å². The predicted octanol–water partition coefficient (Wildman–Crippen LogP) is 1.27. The van der Waals surface area contributed by atoms with Crippen molar-refractivity contribution in [3.05, 3.63) is 30.1 Å². The minimum Gasteiger partial charge on any atom is -0.480 e. The lowest BCUT2D eigenvalue weighted by molar-refractivity contribution is -0.137. The Morgan fingerprint density at radius 2 is 2.33 bits per heavy atom. The molecule has 0 aliphatic heterocycles. The van der Waals surface area contributed by atoms with E-state index in [2.05, 4.69) is 15.2 Å². The average molecular weight is 309 g/mol. The van der Waals surface area contributed by atoms with Gasteiger partial charge in [-0.2, -0.15) is 22.0 Å². The number of aryl methyl sites for hydroxylation is 1. The third-order valence-electron chi connectivity index (χ3n) is 3.02. The maximum Gasteiger partial charge on any atom is 0.325 e. The zero-order valence-electron chi connectivity index (χ0n) is 12.1. The van der Waals surface area contributed by atoms with Gasteiger partial charge in [-0.1, -0.05) is 6.92 Å². The molecule has 0 radical (unpaired) electrons. The van der Waals surface area contributed by atoms with Crippen molar-refractivity contribution < 1.29 is 9.90 Å². The monoisotopic (exact) mass is 309 g/mol. The number of aliphatic carboxylic acids is 1. The fourth-order valence-corrected chi connectivity index (χ4v) is 2.47. The van der Waals surface area contributed by atoms with Crippen molar-refractivity contribution in [2.75, 3.05) is 12.0 Å². The number of rotatable bonds is 8. The normalized spacial score (nSPS) is 12.5. The van der Waals surface area contributed by atoms with Gasteiger partial charge in [0.2, 0.25) is 0 Å². The summed E-state index contributed by atoms with van der Waals surface area (Å²) < 4.78 is 3.30. The zero-order chi connectivity index (χ0) is 15.2. The average Bonchev–Trinajstić information content (AvgIpc) is 3.05. The summed E-state index contributed by atoms with van der Waals surface area (Å²) in [4.78, 5) is 15.5. The first-order chi connectivity index (χ1) is 10.1. The Morgan fingerprint density at radius 3 is 2.95 bits per heavy atom. The molecule has 8 heteroatoms. The third kappa shape index (κ3) is 4.32. The molecule has 7 nitrogen and oxygen atoms in total. The van der Waals surface area contributed by atoms with E-state index in [9.17, 15) is 4.79 Å². The molecule has 2 heterocycles. The number of hydrogen-bond donors (Lipinski definition) is 1. The number of carboxylic acid groups (broad SMARTS) is 1. The molecule has 1 atom stereocenters. The van der Waals surface area contributed by atoms with Gasteiger partial charge in [-0.15, -0.1) is 0 Å². The van der Waals surface area contributed by atoms with Gasteiger partial charge in [0.15, 0.2) is 5.82 Å². The highest BCUT2D eigenvalue weighted by molar-refractivity contribution is 7.98. The first kappa shape index (κ1) is 15.6. The SMILES string of the molecule is CSCCc1nc([C@@H](C)Cn2cccn2)n(CC(=O)O)n1.